The molecule has 0 amide bonds. The van der Waals surface area contributed by atoms with Crippen LogP contribution in [0.3, 0.4) is 0 Å². The normalized spacial score (nSPS) is 13.7. The van der Waals surface area contributed by atoms with Crippen molar-refractivity contribution >= 4 is 8.25 Å². The Morgan fingerprint density at radius 1 is 0.750 bits per heavy atom. The van der Waals surface area contributed by atoms with Crippen molar-refractivity contribution < 1.29 is 23.8 Å². The van der Waals surface area contributed by atoms with Gasteiger partial charge in [0.2, 0.25) is 12.6 Å². The molecule has 0 aliphatic heterocycles. The first-order valence-corrected chi connectivity index (χ1v) is 7.03. The average Bonchev–Trinajstić information content (AvgIpc) is 2.49. The first-order chi connectivity index (χ1) is 9.66. The molecule has 2 rings (SSSR count). The summed E-state index contributed by atoms with van der Waals surface area (Å²) < 4.78 is 21.2. The second-order valence-corrected chi connectivity index (χ2v) is 4.83. The zero-order valence-corrected chi connectivity index (χ0v) is 11.4. The fourth-order valence-electron chi connectivity index (χ4n) is 1.54. The highest BCUT2D eigenvalue weighted by molar-refractivity contribution is 7.33. The molecule has 0 radical (unpaired) electrons. The third-order valence-corrected chi connectivity index (χ3v) is 3.28. The van der Waals surface area contributed by atoms with Gasteiger partial charge in [-0.1, -0.05) is 69.7 Å². The van der Waals surface area contributed by atoms with Gasteiger partial charge in [0.05, 0.1) is 0 Å². The molecule has 6 heteroatoms. The lowest BCUT2D eigenvalue weighted by molar-refractivity contribution is -0.0619. The Balaban J connectivity index is 1.90. The summed E-state index contributed by atoms with van der Waals surface area (Å²) in [5.74, 6) is 0. The number of rotatable bonds is 6. The van der Waals surface area contributed by atoms with Crippen molar-refractivity contribution in [3.63, 3.8) is 0 Å². The molecule has 0 spiro atoms. The molecule has 2 N–H and O–H groups in total. The molecule has 0 fully saturated rings. The third-order valence-electron chi connectivity index (χ3n) is 2.54. The number of aliphatic hydroxyl groups excluding tert-OH is 2. The van der Waals surface area contributed by atoms with Gasteiger partial charge in [0, 0.05) is 15.7 Å². The molecule has 0 aliphatic rings. The summed E-state index contributed by atoms with van der Waals surface area (Å²) in [5.41, 5.74) is 0.905. The van der Waals surface area contributed by atoms with Crippen LogP contribution >= 0.6 is 8.25 Å². The van der Waals surface area contributed by atoms with Crippen LogP contribution in [0.4, 0.5) is 0 Å². The Bertz CT molecular complexity index is 497. The van der Waals surface area contributed by atoms with Crippen LogP contribution in [-0.2, 0) is 13.6 Å². The fourth-order valence-corrected chi connectivity index (χ4v) is 2.16. The van der Waals surface area contributed by atoms with Crippen LogP contribution in [0.2, 0.25) is 0 Å². The van der Waals surface area contributed by atoms with Crippen LogP contribution in [0.1, 0.15) is 23.7 Å². The lowest BCUT2D eigenvalue weighted by Crippen LogP contribution is -2.02. The predicted molar refractivity (Wildman–Crippen MR) is 72.6 cm³/mol. The number of aliphatic hydroxyl groups is 2. The Morgan fingerprint density at radius 2 is 1.10 bits per heavy atom. The summed E-state index contributed by atoms with van der Waals surface area (Å²) in [6.45, 7) is 0. The number of benzene rings is 2. The van der Waals surface area contributed by atoms with E-state index in [1.54, 1.807) is 60.7 Å². The summed E-state index contributed by atoms with van der Waals surface area (Å²) in [4.78, 5) is 0. The molecular weight excluding hydrogens is 279 g/mol. The highest BCUT2D eigenvalue weighted by Gasteiger charge is 2.31. The van der Waals surface area contributed by atoms with Gasteiger partial charge in [0.25, 0.3) is 0 Å². The van der Waals surface area contributed by atoms with E-state index in [2.05, 4.69) is 0 Å². The summed E-state index contributed by atoms with van der Waals surface area (Å²) >= 11 is 0. The average molecular weight is 293 g/mol. The molecule has 5 nitrogen and oxygen atoms in total. The van der Waals surface area contributed by atoms with E-state index in [4.69, 9.17) is 9.05 Å². The second-order valence-electron chi connectivity index (χ2n) is 3.96. The minimum absolute atomic E-state index is 0.452. The minimum Gasteiger partial charge on any atom is -0.361 e. The van der Waals surface area contributed by atoms with Crippen molar-refractivity contribution in [3.05, 3.63) is 71.8 Å². The summed E-state index contributed by atoms with van der Waals surface area (Å²) in [6, 6.07) is 16.9. The zero-order valence-electron chi connectivity index (χ0n) is 10.5. The van der Waals surface area contributed by atoms with Crippen molar-refractivity contribution in [2.45, 2.75) is 12.6 Å². The molecule has 0 saturated carbocycles. The van der Waals surface area contributed by atoms with Crippen molar-refractivity contribution in [3.8, 4) is 0 Å². The lowest BCUT2D eigenvalue weighted by Gasteiger charge is -2.05. The molecule has 0 saturated heterocycles. The fraction of sp³-hybridized carbons (Fsp3) is 0.143. The van der Waals surface area contributed by atoms with Crippen molar-refractivity contribution in [2.24, 2.45) is 0 Å². The molecule has 0 aromatic heterocycles. The second kappa shape index (κ2) is 7.24. The van der Waals surface area contributed by atoms with Gasteiger partial charge in [-0.05, 0) is 0 Å². The molecule has 0 heterocycles. The van der Waals surface area contributed by atoms with Gasteiger partial charge in [-0.3, -0.25) is 0 Å². The Kier molecular flexibility index (Phi) is 5.35. The largest absolute Gasteiger partial charge is 0.703 e. The molecular formula is C14H14O5P+. The Morgan fingerprint density at radius 3 is 1.45 bits per heavy atom. The van der Waals surface area contributed by atoms with Crippen LogP contribution < -0.4 is 0 Å². The summed E-state index contributed by atoms with van der Waals surface area (Å²) in [7, 11) is -2.66. The van der Waals surface area contributed by atoms with Gasteiger partial charge in [0.1, 0.15) is 0 Å². The van der Waals surface area contributed by atoms with E-state index in [-0.39, 0.29) is 0 Å². The molecule has 2 atom stereocenters. The van der Waals surface area contributed by atoms with E-state index in [0.717, 1.165) is 0 Å². The Labute approximate surface area is 117 Å². The minimum atomic E-state index is -2.66. The van der Waals surface area contributed by atoms with E-state index in [1.807, 2.05) is 0 Å². The highest BCUT2D eigenvalue weighted by atomic mass is 31.1. The first kappa shape index (κ1) is 14.8. The van der Waals surface area contributed by atoms with E-state index >= 15 is 0 Å². The Hall–Kier alpha value is -1.62. The van der Waals surface area contributed by atoms with E-state index < -0.39 is 20.8 Å². The van der Waals surface area contributed by atoms with Gasteiger partial charge < -0.3 is 10.2 Å². The van der Waals surface area contributed by atoms with Gasteiger partial charge in [-0.25, -0.2) is 0 Å². The van der Waals surface area contributed by atoms with Crippen LogP contribution in [0.15, 0.2) is 60.7 Å². The van der Waals surface area contributed by atoms with E-state index in [9.17, 15) is 14.8 Å². The van der Waals surface area contributed by atoms with Gasteiger partial charge >= 0.3 is 8.25 Å². The highest BCUT2D eigenvalue weighted by Crippen LogP contribution is 2.36. The summed E-state index contributed by atoms with van der Waals surface area (Å²) in [5, 5.41) is 19.4. The predicted octanol–water partition coefficient (Wildman–Crippen LogP) is 3.06. The van der Waals surface area contributed by atoms with Crippen LogP contribution in [0, 0.1) is 0 Å². The van der Waals surface area contributed by atoms with Crippen molar-refractivity contribution in [1.29, 1.82) is 0 Å². The number of hydrogen-bond donors (Lipinski definition) is 2. The lowest BCUT2D eigenvalue weighted by atomic mass is 10.2. The molecule has 104 valence electrons. The third kappa shape index (κ3) is 4.20. The van der Waals surface area contributed by atoms with Gasteiger partial charge in [0.15, 0.2) is 0 Å². The molecule has 0 unspecified atom stereocenters. The summed E-state index contributed by atoms with van der Waals surface area (Å²) in [6.07, 6.45) is -2.74. The first-order valence-electron chi connectivity index (χ1n) is 5.93. The standard InChI is InChI=1S/C14H14O5P/c15-13(11-7-3-1-4-8-11)18-20(17)19-14(16)12-9-5-2-6-10-12/h1-10,13-16H/q+1/t13-,14-/m0/s1. The van der Waals surface area contributed by atoms with E-state index in [0.29, 0.717) is 11.1 Å². The van der Waals surface area contributed by atoms with Gasteiger partial charge in [-0.2, -0.15) is 0 Å². The number of hydrogen-bond acceptors (Lipinski definition) is 5. The van der Waals surface area contributed by atoms with Gasteiger partial charge in [-0.15, -0.1) is 0 Å². The molecule has 2 aromatic rings. The monoisotopic (exact) mass is 293 g/mol. The topological polar surface area (TPSA) is 76.0 Å². The van der Waals surface area contributed by atoms with Crippen LogP contribution in [-0.4, -0.2) is 10.2 Å². The molecule has 0 bridgehead atoms. The smallest absolute Gasteiger partial charge is 0.361 e. The maximum Gasteiger partial charge on any atom is 0.703 e. The molecule has 20 heavy (non-hydrogen) atoms. The van der Waals surface area contributed by atoms with E-state index in [1.165, 1.54) is 0 Å². The molecule has 0 aliphatic carbocycles. The maximum atomic E-state index is 11.6. The maximum absolute atomic E-state index is 11.6. The molecule has 2 aromatic carbocycles. The zero-order chi connectivity index (χ0) is 14.4. The van der Waals surface area contributed by atoms with Crippen LogP contribution in [0.5, 0.6) is 0 Å². The van der Waals surface area contributed by atoms with Crippen molar-refractivity contribution in [2.75, 3.05) is 0 Å². The van der Waals surface area contributed by atoms with Crippen LogP contribution in [0.25, 0.3) is 0 Å². The SMILES string of the molecule is O=[P+](O[C@H](O)c1ccccc1)O[C@H](O)c1ccccc1. The van der Waals surface area contributed by atoms with Crippen molar-refractivity contribution in [1.82, 2.24) is 0 Å². The quantitative estimate of drug-likeness (QED) is 0.632.